The van der Waals surface area contributed by atoms with Crippen LogP contribution in [0.4, 0.5) is 5.69 Å². The normalized spacial score (nSPS) is 21.0. The van der Waals surface area contributed by atoms with E-state index in [0.717, 1.165) is 36.8 Å². The number of aliphatic imine (C=N–C) groups is 1. The van der Waals surface area contributed by atoms with Crippen molar-refractivity contribution in [2.45, 2.75) is 45.1 Å². The average Bonchev–Trinajstić information content (AvgIpc) is 3.03. The van der Waals surface area contributed by atoms with Crippen molar-refractivity contribution in [3.63, 3.8) is 0 Å². The summed E-state index contributed by atoms with van der Waals surface area (Å²) in [7, 11) is 0. The van der Waals surface area contributed by atoms with Gasteiger partial charge in [-0.2, -0.15) is 5.10 Å². The Balaban J connectivity index is 1.62. The molecule has 1 aliphatic carbocycles. The van der Waals surface area contributed by atoms with E-state index in [1.807, 2.05) is 13.8 Å². The molecule has 0 bridgehead atoms. The van der Waals surface area contributed by atoms with Gasteiger partial charge in [0.25, 0.3) is 0 Å². The molecule has 1 fully saturated rings. The smallest absolute Gasteiger partial charge is 0.227 e. The van der Waals surface area contributed by atoms with Crippen molar-refractivity contribution in [2.75, 3.05) is 5.32 Å². The van der Waals surface area contributed by atoms with Crippen LogP contribution in [-0.4, -0.2) is 32.6 Å². The Bertz CT molecular complexity index is 783. The van der Waals surface area contributed by atoms with E-state index in [-0.39, 0.29) is 23.3 Å². The second-order valence-electron chi connectivity index (χ2n) is 7.22. The lowest BCUT2D eigenvalue weighted by molar-refractivity contribution is -0.121. The number of nitrogens with one attached hydrogen (secondary N) is 2. The van der Waals surface area contributed by atoms with Gasteiger partial charge in [0.2, 0.25) is 5.91 Å². The summed E-state index contributed by atoms with van der Waals surface area (Å²) in [5, 5.41) is 10.6. The van der Waals surface area contributed by atoms with Crippen LogP contribution in [-0.2, 0) is 4.79 Å². The van der Waals surface area contributed by atoms with Crippen LogP contribution in [0.1, 0.15) is 39.5 Å². The number of aromatic nitrogens is 3. The fraction of sp³-hybridized carbons (Fsp3) is 0.529. The van der Waals surface area contributed by atoms with Gasteiger partial charge >= 0.3 is 0 Å². The highest BCUT2D eigenvalue weighted by Gasteiger charge is 2.35. The second-order valence-corrected chi connectivity index (χ2v) is 7.22. The molecule has 0 radical (unpaired) electrons. The minimum Gasteiger partial charge on any atom is -0.370 e. The Hall–Kier alpha value is -2.64. The molecule has 1 aliphatic rings. The van der Waals surface area contributed by atoms with Gasteiger partial charge in [0, 0.05) is 12.1 Å². The van der Waals surface area contributed by atoms with Crippen molar-refractivity contribution in [3.05, 3.63) is 18.5 Å². The maximum atomic E-state index is 12.6. The number of nitrogens with zero attached hydrogens (tertiary/aromatic N) is 3. The first kappa shape index (κ1) is 17.2. The van der Waals surface area contributed by atoms with Crippen molar-refractivity contribution in [1.29, 1.82) is 0 Å². The standard InChI is InChI=1S/C17H25N7O/c1-17(2,23-16(18)19)11-5-3-10(4-6-11)15(25)22-13-7-8-20-14-12(13)9-21-24-14/h7-11H,3-6H2,1-2H3,(H4,18,19,23)(H2,20,21,22,24,25). The van der Waals surface area contributed by atoms with Gasteiger partial charge in [-0.15, -0.1) is 0 Å². The summed E-state index contributed by atoms with van der Waals surface area (Å²) in [4.78, 5) is 21.2. The zero-order valence-corrected chi connectivity index (χ0v) is 14.6. The maximum Gasteiger partial charge on any atom is 0.227 e. The molecule has 0 unspecified atom stereocenters. The van der Waals surface area contributed by atoms with Gasteiger partial charge in [0.15, 0.2) is 11.6 Å². The summed E-state index contributed by atoms with van der Waals surface area (Å²) < 4.78 is 0. The molecule has 1 saturated carbocycles. The Morgan fingerprint density at radius 2 is 2.04 bits per heavy atom. The van der Waals surface area contributed by atoms with Crippen LogP contribution < -0.4 is 16.8 Å². The number of hydrogen-bond acceptors (Lipinski definition) is 4. The minimum atomic E-state index is -0.297. The fourth-order valence-electron chi connectivity index (χ4n) is 3.68. The highest BCUT2D eigenvalue weighted by atomic mass is 16.1. The van der Waals surface area contributed by atoms with E-state index in [1.54, 1.807) is 18.5 Å². The fourth-order valence-corrected chi connectivity index (χ4v) is 3.68. The van der Waals surface area contributed by atoms with Crippen LogP contribution >= 0.6 is 0 Å². The number of anilines is 1. The van der Waals surface area contributed by atoms with Gasteiger partial charge in [-0.3, -0.25) is 9.89 Å². The average molecular weight is 343 g/mol. The number of aromatic amines is 1. The summed E-state index contributed by atoms with van der Waals surface area (Å²) in [5.74, 6) is 0.542. The quantitative estimate of drug-likeness (QED) is 0.495. The number of carbonyl (C=O) groups excluding carboxylic acids is 1. The van der Waals surface area contributed by atoms with Gasteiger partial charge in [-0.1, -0.05) is 0 Å². The molecule has 134 valence electrons. The van der Waals surface area contributed by atoms with E-state index < -0.39 is 0 Å². The largest absolute Gasteiger partial charge is 0.370 e. The van der Waals surface area contributed by atoms with Crippen molar-refractivity contribution in [1.82, 2.24) is 15.2 Å². The minimum absolute atomic E-state index is 0.00127. The molecule has 3 rings (SSSR count). The predicted molar refractivity (Wildman–Crippen MR) is 97.9 cm³/mol. The molecule has 0 atom stereocenters. The second kappa shape index (κ2) is 6.70. The number of fused-ring (bicyclic) bond motifs is 1. The molecule has 2 aromatic heterocycles. The lowest BCUT2D eigenvalue weighted by Gasteiger charge is -2.36. The molecule has 8 heteroatoms. The topological polar surface area (TPSA) is 135 Å². The Morgan fingerprint density at radius 1 is 1.32 bits per heavy atom. The van der Waals surface area contributed by atoms with Crippen LogP contribution in [0.15, 0.2) is 23.5 Å². The molecule has 8 nitrogen and oxygen atoms in total. The molecule has 25 heavy (non-hydrogen) atoms. The zero-order valence-electron chi connectivity index (χ0n) is 14.6. The third-order valence-electron chi connectivity index (χ3n) is 5.13. The first-order valence-corrected chi connectivity index (χ1v) is 8.56. The molecule has 6 N–H and O–H groups in total. The number of nitrogens with two attached hydrogens (primary N) is 2. The lowest BCUT2D eigenvalue weighted by Crippen LogP contribution is -2.38. The third kappa shape index (κ3) is 3.72. The molecule has 0 saturated heterocycles. The van der Waals surface area contributed by atoms with Crippen LogP contribution in [0, 0.1) is 11.8 Å². The lowest BCUT2D eigenvalue weighted by atomic mass is 9.73. The molecule has 0 aliphatic heterocycles. The van der Waals surface area contributed by atoms with Gasteiger partial charge in [-0.05, 0) is 51.5 Å². The maximum absolute atomic E-state index is 12.6. The molecule has 0 aromatic carbocycles. The van der Waals surface area contributed by atoms with Crippen LogP contribution in [0.3, 0.4) is 0 Å². The summed E-state index contributed by atoms with van der Waals surface area (Å²) in [6.07, 6.45) is 6.86. The van der Waals surface area contributed by atoms with Crippen molar-refractivity contribution in [2.24, 2.45) is 28.3 Å². The first-order chi connectivity index (χ1) is 11.9. The Kier molecular flexibility index (Phi) is 4.61. The molecule has 2 heterocycles. The van der Waals surface area contributed by atoms with E-state index in [2.05, 4.69) is 25.5 Å². The molecule has 0 spiro atoms. The van der Waals surface area contributed by atoms with Crippen molar-refractivity contribution in [3.8, 4) is 0 Å². The van der Waals surface area contributed by atoms with Crippen molar-refractivity contribution >= 4 is 28.6 Å². The number of carbonyl (C=O) groups is 1. The number of guanidine groups is 1. The SMILES string of the molecule is CC(C)(N=C(N)N)C1CCC(C(=O)Nc2ccnc3[nH]ncc23)CC1. The first-order valence-electron chi connectivity index (χ1n) is 8.56. The number of H-pyrrole nitrogens is 1. The summed E-state index contributed by atoms with van der Waals surface area (Å²) >= 11 is 0. The highest BCUT2D eigenvalue weighted by Crippen LogP contribution is 2.37. The van der Waals surface area contributed by atoms with Crippen LogP contribution in [0.2, 0.25) is 0 Å². The number of pyridine rings is 1. The third-order valence-corrected chi connectivity index (χ3v) is 5.13. The summed E-state index contributed by atoms with van der Waals surface area (Å²) in [5.41, 5.74) is 12.2. The Morgan fingerprint density at radius 3 is 2.72 bits per heavy atom. The van der Waals surface area contributed by atoms with E-state index in [4.69, 9.17) is 11.5 Å². The molecule has 1 amide bonds. The van der Waals surface area contributed by atoms with Crippen LogP contribution in [0.25, 0.3) is 11.0 Å². The summed E-state index contributed by atoms with van der Waals surface area (Å²) in [6, 6.07) is 1.79. The predicted octanol–water partition coefficient (Wildman–Crippen LogP) is 1.75. The van der Waals surface area contributed by atoms with Gasteiger partial charge < -0.3 is 16.8 Å². The summed E-state index contributed by atoms with van der Waals surface area (Å²) in [6.45, 7) is 4.09. The Labute approximate surface area is 146 Å². The number of rotatable bonds is 4. The van der Waals surface area contributed by atoms with E-state index in [0.29, 0.717) is 11.6 Å². The molecular formula is C17H25N7O. The van der Waals surface area contributed by atoms with Crippen molar-refractivity contribution < 1.29 is 4.79 Å². The molecular weight excluding hydrogens is 318 g/mol. The van der Waals surface area contributed by atoms with E-state index in [1.165, 1.54) is 0 Å². The molecule has 2 aromatic rings. The van der Waals surface area contributed by atoms with E-state index >= 15 is 0 Å². The highest BCUT2D eigenvalue weighted by molar-refractivity contribution is 6.00. The van der Waals surface area contributed by atoms with Gasteiger partial charge in [0.05, 0.1) is 22.8 Å². The van der Waals surface area contributed by atoms with Gasteiger partial charge in [0.1, 0.15) is 0 Å². The number of hydrogen-bond donors (Lipinski definition) is 4. The number of amides is 1. The zero-order chi connectivity index (χ0) is 18.0. The van der Waals surface area contributed by atoms with Crippen LogP contribution in [0.5, 0.6) is 0 Å². The van der Waals surface area contributed by atoms with E-state index in [9.17, 15) is 4.79 Å². The van der Waals surface area contributed by atoms with Gasteiger partial charge in [-0.25, -0.2) is 9.98 Å². The monoisotopic (exact) mass is 343 g/mol.